The van der Waals surface area contributed by atoms with Crippen molar-refractivity contribution in [3.05, 3.63) is 60.7 Å². The van der Waals surface area contributed by atoms with Crippen LogP contribution in [-0.2, 0) is 17.4 Å². The molecule has 0 spiro atoms. The number of benzene rings is 1. The Kier molecular flexibility index (Phi) is 5.55. The molecule has 0 bridgehead atoms. The standard InChI is InChI=1S/C15H16F3NO/c1-3-8-19(9-4-2)14(20)11-12-6-5-7-13(10-12)15(16,17)18/h3-7,10H,1-2,8-9,11H2. The van der Waals surface area contributed by atoms with Gasteiger partial charge in [0.2, 0.25) is 5.91 Å². The van der Waals surface area contributed by atoms with Crippen LogP contribution in [0.15, 0.2) is 49.6 Å². The minimum Gasteiger partial charge on any atom is -0.335 e. The van der Waals surface area contributed by atoms with Crippen molar-refractivity contribution < 1.29 is 18.0 Å². The summed E-state index contributed by atoms with van der Waals surface area (Å²) in [5.41, 5.74) is -0.412. The van der Waals surface area contributed by atoms with Crippen LogP contribution in [0.2, 0.25) is 0 Å². The third-order valence-electron chi connectivity index (χ3n) is 2.66. The Labute approximate surface area is 116 Å². The summed E-state index contributed by atoms with van der Waals surface area (Å²) in [5, 5.41) is 0. The molecule has 1 aromatic carbocycles. The van der Waals surface area contributed by atoms with Crippen LogP contribution in [0.4, 0.5) is 13.2 Å². The molecule has 20 heavy (non-hydrogen) atoms. The lowest BCUT2D eigenvalue weighted by Crippen LogP contribution is -2.32. The fraction of sp³-hybridized carbons (Fsp3) is 0.267. The summed E-state index contributed by atoms with van der Waals surface area (Å²) < 4.78 is 37.8. The summed E-state index contributed by atoms with van der Waals surface area (Å²) in [6.45, 7) is 7.76. The average molecular weight is 283 g/mol. The van der Waals surface area contributed by atoms with Crippen LogP contribution >= 0.6 is 0 Å². The van der Waals surface area contributed by atoms with Crippen molar-refractivity contribution in [1.29, 1.82) is 0 Å². The molecule has 2 nitrogen and oxygen atoms in total. The zero-order chi connectivity index (χ0) is 15.2. The van der Waals surface area contributed by atoms with Crippen molar-refractivity contribution in [1.82, 2.24) is 4.90 Å². The maximum Gasteiger partial charge on any atom is 0.416 e. The summed E-state index contributed by atoms with van der Waals surface area (Å²) in [4.78, 5) is 13.5. The lowest BCUT2D eigenvalue weighted by atomic mass is 10.1. The molecule has 0 saturated carbocycles. The van der Waals surface area contributed by atoms with Gasteiger partial charge in [-0.3, -0.25) is 4.79 Å². The SMILES string of the molecule is C=CCN(CC=C)C(=O)Cc1cccc(C(F)(F)F)c1. The van der Waals surface area contributed by atoms with Gasteiger partial charge >= 0.3 is 6.18 Å². The second-order valence-corrected chi connectivity index (χ2v) is 4.25. The summed E-state index contributed by atoms with van der Waals surface area (Å²) in [6, 6.07) is 4.79. The second kappa shape index (κ2) is 6.93. The van der Waals surface area contributed by atoms with Crippen LogP contribution in [0.3, 0.4) is 0 Å². The molecular weight excluding hydrogens is 267 g/mol. The number of nitrogens with zero attached hydrogens (tertiary/aromatic N) is 1. The second-order valence-electron chi connectivity index (χ2n) is 4.25. The van der Waals surface area contributed by atoms with E-state index in [1.807, 2.05) is 0 Å². The summed E-state index contributed by atoms with van der Waals surface area (Å²) >= 11 is 0. The first-order valence-electron chi connectivity index (χ1n) is 6.04. The van der Waals surface area contributed by atoms with E-state index in [-0.39, 0.29) is 12.3 Å². The number of alkyl halides is 3. The van der Waals surface area contributed by atoms with E-state index in [1.165, 1.54) is 17.0 Å². The number of rotatable bonds is 6. The van der Waals surface area contributed by atoms with Gasteiger partial charge in [0.05, 0.1) is 12.0 Å². The first-order valence-corrected chi connectivity index (χ1v) is 6.04. The van der Waals surface area contributed by atoms with E-state index in [1.54, 1.807) is 12.2 Å². The van der Waals surface area contributed by atoms with Crippen LogP contribution in [0, 0.1) is 0 Å². The monoisotopic (exact) mass is 283 g/mol. The van der Waals surface area contributed by atoms with Crippen LogP contribution in [0.1, 0.15) is 11.1 Å². The highest BCUT2D eigenvalue weighted by Crippen LogP contribution is 2.29. The van der Waals surface area contributed by atoms with E-state index < -0.39 is 11.7 Å². The third-order valence-corrected chi connectivity index (χ3v) is 2.66. The minimum atomic E-state index is -4.40. The molecule has 0 fully saturated rings. The topological polar surface area (TPSA) is 20.3 Å². The first-order chi connectivity index (χ1) is 9.38. The number of hydrogen-bond donors (Lipinski definition) is 0. The van der Waals surface area contributed by atoms with Gasteiger partial charge < -0.3 is 4.90 Å². The third kappa shape index (κ3) is 4.57. The summed E-state index contributed by atoms with van der Waals surface area (Å²) in [6.07, 6.45) is -1.35. The van der Waals surface area contributed by atoms with Crippen molar-refractivity contribution in [2.24, 2.45) is 0 Å². The molecule has 0 atom stereocenters. The van der Waals surface area contributed by atoms with E-state index in [0.717, 1.165) is 12.1 Å². The molecule has 5 heteroatoms. The van der Waals surface area contributed by atoms with Gasteiger partial charge in [-0.2, -0.15) is 13.2 Å². The molecule has 0 aliphatic rings. The highest BCUT2D eigenvalue weighted by Gasteiger charge is 2.30. The Balaban J connectivity index is 2.84. The zero-order valence-electron chi connectivity index (χ0n) is 11.0. The van der Waals surface area contributed by atoms with Crippen LogP contribution < -0.4 is 0 Å². The van der Waals surface area contributed by atoms with Gasteiger partial charge in [0, 0.05) is 13.1 Å². The number of carbonyl (C=O) groups excluding carboxylic acids is 1. The van der Waals surface area contributed by atoms with Crippen molar-refractivity contribution in [3.63, 3.8) is 0 Å². The summed E-state index contributed by atoms with van der Waals surface area (Å²) in [7, 11) is 0. The zero-order valence-corrected chi connectivity index (χ0v) is 11.0. The molecule has 0 radical (unpaired) electrons. The first kappa shape index (κ1) is 16.0. The fourth-order valence-corrected chi connectivity index (χ4v) is 1.73. The quantitative estimate of drug-likeness (QED) is 0.732. The van der Waals surface area contributed by atoms with Gasteiger partial charge in [0.15, 0.2) is 0 Å². The average Bonchev–Trinajstić information content (AvgIpc) is 2.38. The van der Waals surface area contributed by atoms with Crippen molar-refractivity contribution in [2.75, 3.05) is 13.1 Å². The fourth-order valence-electron chi connectivity index (χ4n) is 1.73. The lowest BCUT2D eigenvalue weighted by molar-refractivity contribution is -0.137. The maximum absolute atomic E-state index is 12.6. The highest BCUT2D eigenvalue weighted by atomic mass is 19.4. The van der Waals surface area contributed by atoms with Crippen molar-refractivity contribution >= 4 is 5.91 Å². The molecule has 0 saturated heterocycles. The van der Waals surface area contributed by atoms with E-state index in [0.29, 0.717) is 18.7 Å². The molecular formula is C15H16F3NO. The van der Waals surface area contributed by atoms with Gasteiger partial charge in [-0.1, -0.05) is 30.4 Å². The van der Waals surface area contributed by atoms with Gasteiger partial charge in [-0.25, -0.2) is 0 Å². The lowest BCUT2D eigenvalue weighted by Gasteiger charge is -2.19. The summed E-state index contributed by atoms with van der Waals surface area (Å²) in [5.74, 6) is -0.260. The normalized spacial score (nSPS) is 10.9. The number of halogens is 3. The van der Waals surface area contributed by atoms with E-state index in [9.17, 15) is 18.0 Å². The Morgan fingerprint density at radius 3 is 2.30 bits per heavy atom. The van der Waals surface area contributed by atoms with E-state index >= 15 is 0 Å². The highest BCUT2D eigenvalue weighted by molar-refractivity contribution is 5.79. The largest absolute Gasteiger partial charge is 0.416 e. The Hall–Kier alpha value is -2.04. The molecule has 0 aliphatic heterocycles. The molecule has 1 aromatic rings. The molecule has 1 rings (SSSR count). The van der Waals surface area contributed by atoms with Crippen LogP contribution in [-0.4, -0.2) is 23.9 Å². The van der Waals surface area contributed by atoms with Crippen LogP contribution in [0.25, 0.3) is 0 Å². The predicted molar refractivity (Wildman–Crippen MR) is 72.1 cm³/mol. The maximum atomic E-state index is 12.6. The number of carbonyl (C=O) groups is 1. The minimum absolute atomic E-state index is 0.0778. The number of amides is 1. The Morgan fingerprint density at radius 2 is 1.80 bits per heavy atom. The smallest absolute Gasteiger partial charge is 0.335 e. The van der Waals surface area contributed by atoms with Gasteiger partial charge in [0.25, 0.3) is 0 Å². The molecule has 1 amide bonds. The van der Waals surface area contributed by atoms with E-state index in [2.05, 4.69) is 13.2 Å². The Morgan fingerprint density at radius 1 is 1.20 bits per heavy atom. The van der Waals surface area contributed by atoms with Gasteiger partial charge in [-0.05, 0) is 11.6 Å². The van der Waals surface area contributed by atoms with Crippen LogP contribution in [0.5, 0.6) is 0 Å². The number of hydrogen-bond acceptors (Lipinski definition) is 1. The molecule has 0 aliphatic carbocycles. The van der Waals surface area contributed by atoms with E-state index in [4.69, 9.17) is 0 Å². The molecule has 0 unspecified atom stereocenters. The van der Waals surface area contributed by atoms with Crippen molar-refractivity contribution in [3.8, 4) is 0 Å². The Bertz CT molecular complexity index is 484. The predicted octanol–water partition coefficient (Wildman–Crippen LogP) is 3.45. The van der Waals surface area contributed by atoms with Gasteiger partial charge in [0.1, 0.15) is 0 Å². The molecule has 0 heterocycles. The van der Waals surface area contributed by atoms with Gasteiger partial charge in [-0.15, -0.1) is 13.2 Å². The molecule has 0 aromatic heterocycles. The molecule has 0 N–H and O–H groups in total. The van der Waals surface area contributed by atoms with Crippen molar-refractivity contribution in [2.45, 2.75) is 12.6 Å². The molecule has 108 valence electrons.